The number of halogens is 2. The summed E-state index contributed by atoms with van der Waals surface area (Å²) < 4.78 is 17.5. The van der Waals surface area contributed by atoms with Crippen molar-refractivity contribution in [1.29, 1.82) is 0 Å². The molecule has 0 bridgehead atoms. The summed E-state index contributed by atoms with van der Waals surface area (Å²) in [4.78, 5) is 0. The molecular formula is C16H14BrClO3. The monoisotopic (exact) mass is 368 g/mol. The molecule has 2 aromatic carbocycles. The molecule has 1 unspecified atom stereocenters. The zero-order valence-corrected chi connectivity index (χ0v) is 13.8. The molecule has 21 heavy (non-hydrogen) atoms. The normalized spacial score (nSPS) is 14.6. The standard InChI is InChI=1S/C16H14BrClO3/c1-19-14-9-11(17)3-4-12(14)16(18)10-2-5-13-15(8-10)21-7-6-20-13/h2-5,8-9,16H,6-7H2,1H3. The Morgan fingerprint density at radius 1 is 1.10 bits per heavy atom. The minimum atomic E-state index is -0.316. The Bertz CT molecular complexity index is 660. The van der Waals surface area contributed by atoms with Crippen LogP contribution in [0.1, 0.15) is 16.5 Å². The Labute approximate surface area is 136 Å². The van der Waals surface area contributed by atoms with Crippen LogP contribution in [0.15, 0.2) is 40.9 Å². The quantitative estimate of drug-likeness (QED) is 0.743. The maximum absolute atomic E-state index is 6.62. The van der Waals surface area contributed by atoms with Gasteiger partial charge in [-0.05, 0) is 29.8 Å². The van der Waals surface area contributed by atoms with Gasteiger partial charge in [-0.2, -0.15) is 0 Å². The van der Waals surface area contributed by atoms with Gasteiger partial charge >= 0.3 is 0 Å². The summed E-state index contributed by atoms with van der Waals surface area (Å²) in [6.45, 7) is 1.14. The molecule has 1 atom stereocenters. The van der Waals surface area contributed by atoms with Crippen molar-refractivity contribution in [2.45, 2.75) is 5.38 Å². The minimum absolute atomic E-state index is 0.316. The maximum atomic E-state index is 6.62. The molecule has 0 aromatic heterocycles. The van der Waals surface area contributed by atoms with Gasteiger partial charge in [0.15, 0.2) is 11.5 Å². The number of benzene rings is 2. The number of alkyl halides is 1. The minimum Gasteiger partial charge on any atom is -0.496 e. The largest absolute Gasteiger partial charge is 0.496 e. The predicted molar refractivity (Wildman–Crippen MR) is 85.8 cm³/mol. The number of ether oxygens (including phenoxy) is 3. The van der Waals surface area contributed by atoms with Gasteiger partial charge in [-0.3, -0.25) is 0 Å². The molecule has 3 rings (SSSR count). The van der Waals surface area contributed by atoms with Crippen molar-refractivity contribution in [2.75, 3.05) is 20.3 Å². The Morgan fingerprint density at radius 2 is 1.86 bits per heavy atom. The molecule has 5 heteroatoms. The zero-order valence-electron chi connectivity index (χ0n) is 11.4. The average molecular weight is 370 g/mol. The van der Waals surface area contributed by atoms with Gasteiger partial charge in [0.1, 0.15) is 19.0 Å². The summed E-state index contributed by atoms with van der Waals surface area (Å²) >= 11 is 10.1. The topological polar surface area (TPSA) is 27.7 Å². The van der Waals surface area contributed by atoms with Gasteiger partial charge in [-0.1, -0.05) is 28.1 Å². The molecule has 1 heterocycles. The van der Waals surface area contributed by atoms with Crippen LogP contribution >= 0.6 is 27.5 Å². The SMILES string of the molecule is COc1cc(Br)ccc1C(Cl)c1ccc2c(c1)OCCO2. The summed E-state index contributed by atoms with van der Waals surface area (Å²) in [5.41, 5.74) is 1.86. The van der Waals surface area contributed by atoms with Crippen molar-refractivity contribution < 1.29 is 14.2 Å². The smallest absolute Gasteiger partial charge is 0.161 e. The Hall–Kier alpha value is -1.39. The number of rotatable bonds is 3. The molecule has 0 amide bonds. The van der Waals surface area contributed by atoms with Crippen molar-refractivity contribution in [3.05, 3.63) is 52.0 Å². The second-order valence-electron chi connectivity index (χ2n) is 4.65. The van der Waals surface area contributed by atoms with E-state index in [-0.39, 0.29) is 5.38 Å². The summed E-state index contributed by atoms with van der Waals surface area (Å²) in [6.07, 6.45) is 0. The third-order valence-electron chi connectivity index (χ3n) is 3.33. The van der Waals surface area contributed by atoms with Gasteiger partial charge in [0.25, 0.3) is 0 Å². The van der Waals surface area contributed by atoms with Crippen LogP contribution in [0, 0.1) is 0 Å². The van der Waals surface area contributed by atoms with Crippen LogP contribution in [0.2, 0.25) is 0 Å². The first-order valence-corrected chi connectivity index (χ1v) is 7.79. The highest BCUT2D eigenvalue weighted by Gasteiger charge is 2.19. The van der Waals surface area contributed by atoms with E-state index in [2.05, 4.69) is 15.9 Å². The van der Waals surface area contributed by atoms with Crippen LogP contribution in [-0.2, 0) is 0 Å². The molecule has 1 aliphatic heterocycles. The molecule has 2 aromatic rings. The van der Waals surface area contributed by atoms with Gasteiger partial charge in [0.05, 0.1) is 12.5 Å². The lowest BCUT2D eigenvalue weighted by molar-refractivity contribution is 0.171. The molecule has 0 fully saturated rings. The third kappa shape index (κ3) is 2.97. The van der Waals surface area contributed by atoms with E-state index in [1.807, 2.05) is 36.4 Å². The lowest BCUT2D eigenvalue weighted by atomic mass is 10.0. The van der Waals surface area contributed by atoms with E-state index in [0.29, 0.717) is 13.2 Å². The van der Waals surface area contributed by atoms with Gasteiger partial charge in [-0.15, -0.1) is 11.6 Å². The second-order valence-corrected chi connectivity index (χ2v) is 6.00. The Morgan fingerprint density at radius 3 is 2.62 bits per heavy atom. The van der Waals surface area contributed by atoms with Crippen LogP contribution in [0.25, 0.3) is 0 Å². The van der Waals surface area contributed by atoms with E-state index < -0.39 is 0 Å². The van der Waals surface area contributed by atoms with Crippen LogP contribution in [-0.4, -0.2) is 20.3 Å². The zero-order chi connectivity index (χ0) is 14.8. The Kier molecular flexibility index (Phi) is 4.27. The van der Waals surface area contributed by atoms with E-state index in [0.717, 1.165) is 32.8 Å². The van der Waals surface area contributed by atoms with E-state index in [9.17, 15) is 0 Å². The summed E-state index contributed by atoms with van der Waals surface area (Å²) in [7, 11) is 1.64. The summed E-state index contributed by atoms with van der Waals surface area (Å²) in [5, 5.41) is -0.316. The molecule has 3 nitrogen and oxygen atoms in total. The predicted octanol–water partition coefficient (Wildman–Crippen LogP) is 4.56. The van der Waals surface area contributed by atoms with Crippen molar-refractivity contribution in [1.82, 2.24) is 0 Å². The molecule has 110 valence electrons. The number of hydrogen-bond acceptors (Lipinski definition) is 3. The molecule has 0 spiro atoms. The number of methoxy groups -OCH3 is 1. The van der Waals surface area contributed by atoms with Crippen LogP contribution in [0.3, 0.4) is 0 Å². The number of hydrogen-bond donors (Lipinski definition) is 0. The molecular weight excluding hydrogens is 356 g/mol. The lowest BCUT2D eigenvalue weighted by Gasteiger charge is -2.20. The highest BCUT2D eigenvalue weighted by Crippen LogP contribution is 2.40. The fourth-order valence-corrected chi connectivity index (χ4v) is 2.95. The molecule has 0 aliphatic carbocycles. The number of fused-ring (bicyclic) bond motifs is 1. The maximum Gasteiger partial charge on any atom is 0.161 e. The fraction of sp³-hybridized carbons (Fsp3) is 0.250. The molecule has 0 saturated carbocycles. The van der Waals surface area contributed by atoms with Crippen molar-refractivity contribution in [3.8, 4) is 17.2 Å². The van der Waals surface area contributed by atoms with Crippen LogP contribution < -0.4 is 14.2 Å². The molecule has 0 N–H and O–H groups in total. The first kappa shape index (κ1) is 14.5. The van der Waals surface area contributed by atoms with Gasteiger partial charge in [0.2, 0.25) is 0 Å². The molecule has 0 saturated heterocycles. The van der Waals surface area contributed by atoms with Crippen LogP contribution in [0.4, 0.5) is 0 Å². The van der Waals surface area contributed by atoms with Crippen molar-refractivity contribution in [2.24, 2.45) is 0 Å². The summed E-state index contributed by atoms with van der Waals surface area (Å²) in [6, 6.07) is 11.6. The summed E-state index contributed by atoms with van der Waals surface area (Å²) in [5.74, 6) is 2.25. The van der Waals surface area contributed by atoms with E-state index in [1.165, 1.54) is 0 Å². The van der Waals surface area contributed by atoms with Gasteiger partial charge in [0, 0.05) is 10.0 Å². The van der Waals surface area contributed by atoms with Crippen LogP contribution in [0.5, 0.6) is 17.2 Å². The first-order chi connectivity index (χ1) is 10.2. The average Bonchev–Trinajstić information content (AvgIpc) is 2.53. The van der Waals surface area contributed by atoms with E-state index >= 15 is 0 Å². The lowest BCUT2D eigenvalue weighted by Crippen LogP contribution is -2.15. The third-order valence-corrected chi connectivity index (χ3v) is 4.31. The van der Waals surface area contributed by atoms with Gasteiger partial charge in [-0.25, -0.2) is 0 Å². The highest BCUT2D eigenvalue weighted by molar-refractivity contribution is 9.10. The molecule has 1 aliphatic rings. The second kappa shape index (κ2) is 6.16. The Balaban J connectivity index is 1.96. The van der Waals surface area contributed by atoms with E-state index in [4.69, 9.17) is 25.8 Å². The first-order valence-electron chi connectivity index (χ1n) is 6.56. The van der Waals surface area contributed by atoms with Crippen molar-refractivity contribution >= 4 is 27.5 Å². The van der Waals surface area contributed by atoms with Gasteiger partial charge < -0.3 is 14.2 Å². The highest BCUT2D eigenvalue weighted by atomic mass is 79.9. The fourth-order valence-electron chi connectivity index (χ4n) is 2.29. The van der Waals surface area contributed by atoms with Crippen molar-refractivity contribution in [3.63, 3.8) is 0 Å². The molecule has 0 radical (unpaired) electrons. The van der Waals surface area contributed by atoms with E-state index in [1.54, 1.807) is 7.11 Å².